The van der Waals surface area contributed by atoms with Gasteiger partial charge in [-0.05, 0) is 13.8 Å². The molecule has 0 saturated heterocycles. The lowest BCUT2D eigenvalue weighted by molar-refractivity contribution is -0.119. The van der Waals surface area contributed by atoms with E-state index in [-0.39, 0.29) is 5.91 Å². The highest BCUT2D eigenvalue weighted by Crippen LogP contribution is 2.22. The van der Waals surface area contributed by atoms with E-state index >= 15 is 0 Å². The molecule has 1 aromatic heterocycles. The van der Waals surface area contributed by atoms with Gasteiger partial charge in [0, 0.05) is 20.1 Å². The van der Waals surface area contributed by atoms with Crippen LogP contribution in [0.4, 0.5) is 4.79 Å². The number of imide groups is 1. The molecule has 0 saturated carbocycles. The Morgan fingerprint density at radius 3 is 2.74 bits per heavy atom. The van der Waals surface area contributed by atoms with Crippen LogP contribution >= 0.6 is 11.8 Å². The third-order valence-corrected chi connectivity index (χ3v) is 3.45. The summed E-state index contributed by atoms with van der Waals surface area (Å²) in [5, 5.41) is 12.6. The van der Waals surface area contributed by atoms with Crippen molar-refractivity contribution in [2.45, 2.75) is 30.8 Å². The summed E-state index contributed by atoms with van der Waals surface area (Å²) in [6, 6.07) is -0.531. The number of aromatic nitrogens is 3. The lowest BCUT2D eigenvalue weighted by Crippen LogP contribution is -2.41. The topological polar surface area (TPSA) is 115 Å². The molecule has 4 N–H and O–H groups in total. The first-order chi connectivity index (χ1) is 8.99. The van der Waals surface area contributed by atoms with Gasteiger partial charge in [-0.1, -0.05) is 11.8 Å². The van der Waals surface area contributed by atoms with Crippen molar-refractivity contribution in [1.29, 1.82) is 0 Å². The van der Waals surface area contributed by atoms with Gasteiger partial charge in [0.2, 0.25) is 5.91 Å². The number of carbonyl (C=O) groups is 2. The van der Waals surface area contributed by atoms with Gasteiger partial charge in [-0.3, -0.25) is 10.1 Å². The number of hydrogen-bond donors (Lipinski definition) is 3. The van der Waals surface area contributed by atoms with Crippen LogP contribution in [0.15, 0.2) is 5.16 Å². The van der Waals surface area contributed by atoms with E-state index in [0.29, 0.717) is 18.2 Å². The van der Waals surface area contributed by atoms with Crippen LogP contribution in [0.25, 0.3) is 0 Å². The molecule has 0 aromatic carbocycles. The van der Waals surface area contributed by atoms with E-state index in [0.717, 1.165) is 5.82 Å². The van der Waals surface area contributed by atoms with Crippen LogP contribution in [-0.4, -0.2) is 45.5 Å². The Bertz CT molecular complexity index is 461. The number of aryl methyl sites for hydroxylation is 1. The number of thioether (sulfide) groups is 1. The maximum absolute atomic E-state index is 11.7. The number of urea groups is 1. The molecule has 3 amide bonds. The number of nitrogens with two attached hydrogens (primary N) is 1. The number of nitrogens with one attached hydrogen (secondary N) is 2. The second-order valence-electron chi connectivity index (χ2n) is 3.80. The molecular weight excluding hydrogens is 268 g/mol. The van der Waals surface area contributed by atoms with E-state index in [2.05, 4.69) is 20.8 Å². The molecule has 0 bridgehead atoms. The summed E-state index contributed by atoms with van der Waals surface area (Å²) >= 11 is 1.23. The highest BCUT2D eigenvalue weighted by atomic mass is 32.2. The predicted molar refractivity (Wildman–Crippen MR) is 71.7 cm³/mol. The first-order valence-corrected chi connectivity index (χ1v) is 6.66. The van der Waals surface area contributed by atoms with E-state index in [9.17, 15) is 9.59 Å². The van der Waals surface area contributed by atoms with E-state index in [1.165, 1.54) is 18.8 Å². The molecule has 1 atom stereocenters. The maximum atomic E-state index is 11.7. The van der Waals surface area contributed by atoms with Crippen molar-refractivity contribution < 1.29 is 9.59 Å². The number of amides is 3. The average molecular weight is 286 g/mol. The molecule has 0 radical (unpaired) electrons. The third-order valence-electron chi connectivity index (χ3n) is 2.37. The van der Waals surface area contributed by atoms with E-state index in [1.807, 2.05) is 11.5 Å². The van der Waals surface area contributed by atoms with Crippen molar-refractivity contribution in [3.63, 3.8) is 0 Å². The first kappa shape index (κ1) is 15.4. The van der Waals surface area contributed by atoms with Gasteiger partial charge >= 0.3 is 6.03 Å². The largest absolute Gasteiger partial charge is 0.341 e. The number of nitrogens with zero attached hydrogens (tertiary/aromatic N) is 3. The molecule has 0 aliphatic rings. The van der Waals surface area contributed by atoms with Crippen LogP contribution in [0, 0.1) is 6.92 Å². The molecule has 106 valence electrons. The van der Waals surface area contributed by atoms with E-state index < -0.39 is 11.3 Å². The Kier molecular flexibility index (Phi) is 5.77. The second kappa shape index (κ2) is 7.10. The highest BCUT2D eigenvalue weighted by Gasteiger charge is 2.20. The van der Waals surface area contributed by atoms with Crippen LogP contribution in [0.1, 0.15) is 12.7 Å². The van der Waals surface area contributed by atoms with Gasteiger partial charge in [-0.25, -0.2) is 4.79 Å². The molecule has 0 fully saturated rings. The van der Waals surface area contributed by atoms with Gasteiger partial charge < -0.3 is 15.6 Å². The summed E-state index contributed by atoms with van der Waals surface area (Å²) < 4.78 is 1.84. The van der Waals surface area contributed by atoms with Crippen LogP contribution in [0.5, 0.6) is 0 Å². The summed E-state index contributed by atoms with van der Waals surface area (Å²) in [6.45, 7) is 4.57. The van der Waals surface area contributed by atoms with Gasteiger partial charge in [-0.2, -0.15) is 0 Å². The van der Waals surface area contributed by atoms with Crippen molar-refractivity contribution in [3.8, 4) is 0 Å². The fraction of sp³-hybridized carbons (Fsp3) is 0.600. The first-order valence-electron chi connectivity index (χ1n) is 5.78. The van der Waals surface area contributed by atoms with Crippen LogP contribution in [-0.2, 0) is 11.3 Å². The average Bonchev–Trinajstić information content (AvgIpc) is 2.71. The van der Waals surface area contributed by atoms with E-state index in [4.69, 9.17) is 5.73 Å². The molecule has 0 spiro atoms. The SMILES string of the molecule is CNC(=O)NC(=O)C(C)Sc1nnc(C)n1CCN. The van der Waals surface area contributed by atoms with Crippen molar-refractivity contribution in [2.75, 3.05) is 13.6 Å². The fourth-order valence-electron chi connectivity index (χ4n) is 1.32. The molecule has 8 nitrogen and oxygen atoms in total. The van der Waals surface area contributed by atoms with Crippen LogP contribution in [0.3, 0.4) is 0 Å². The Morgan fingerprint density at radius 1 is 1.47 bits per heavy atom. The zero-order chi connectivity index (χ0) is 14.4. The van der Waals surface area contributed by atoms with Crippen LogP contribution < -0.4 is 16.4 Å². The van der Waals surface area contributed by atoms with Gasteiger partial charge in [0.05, 0.1) is 5.25 Å². The molecule has 0 aliphatic carbocycles. The standard InChI is InChI=1S/C10H18N6O2S/c1-6(8(17)13-9(18)12-3)19-10-15-14-7(2)16(10)5-4-11/h6H,4-5,11H2,1-3H3,(H2,12,13,17,18). The number of hydrogen-bond acceptors (Lipinski definition) is 6. The summed E-state index contributed by atoms with van der Waals surface area (Å²) in [6.07, 6.45) is 0. The smallest absolute Gasteiger partial charge is 0.321 e. The summed E-state index contributed by atoms with van der Waals surface area (Å²) in [7, 11) is 1.45. The molecule has 1 rings (SSSR count). The number of rotatable bonds is 5. The molecule has 1 aromatic rings. The monoisotopic (exact) mass is 286 g/mol. The van der Waals surface area contributed by atoms with Gasteiger partial charge in [-0.15, -0.1) is 10.2 Å². The summed E-state index contributed by atoms with van der Waals surface area (Å²) in [5.41, 5.74) is 5.51. The maximum Gasteiger partial charge on any atom is 0.321 e. The Labute approximate surface area is 115 Å². The minimum Gasteiger partial charge on any atom is -0.341 e. The lowest BCUT2D eigenvalue weighted by atomic mass is 10.4. The highest BCUT2D eigenvalue weighted by molar-refractivity contribution is 8.00. The Morgan fingerprint density at radius 2 is 2.16 bits per heavy atom. The van der Waals surface area contributed by atoms with Crippen molar-refractivity contribution in [3.05, 3.63) is 5.82 Å². The van der Waals surface area contributed by atoms with Gasteiger partial charge in [0.1, 0.15) is 5.82 Å². The normalized spacial score (nSPS) is 12.0. The molecule has 1 heterocycles. The fourth-order valence-corrected chi connectivity index (χ4v) is 2.24. The zero-order valence-electron chi connectivity index (χ0n) is 11.1. The van der Waals surface area contributed by atoms with Crippen molar-refractivity contribution in [1.82, 2.24) is 25.4 Å². The van der Waals surface area contributed by atoms with Gasteiger partial charge in [0.15, 0.2) is 5.16 Å². The summed E-state index contributed by atoms with van der Waals surface area (Å²) in [5.74, 6) is 0.358. The second-order valence-corrected chi connectivity index (χ2v) is 5.11. The molecule has 19 heavy (non-hydrogen) atoms. The van der Waals surface area contributed by atoms with Crippen molar-refractivity contribution >= 4 is 23.7 Å². The molecule has 9 heteroatoms. The molecule has 1 unspecified atom stereocenters. The van der Waals surface area contributed by atoms with Crippen LogP contribution in [0.2, 0.25) is 0 Å². The Balaban J connectivity index is 2.68. The number of carbonyl (C=O) groups excluding carboxylic acids is 2. The Hall–Kier alpha value is -1.61. The minimum absolute atomic E-state index is 0.385. The van der Waals surface area contributed by atoms with Gasteiger partial charge in [0.25, 0.3) is 0 Å². The molecule has 0 aliphatic heterocycles. The molecular formula is C10H18N6O2S. The van der Waals surface area contributed by atoms with E-state index in [1.54, 1.807) is 6.92 Å². The van der Waals surface area contributed by atoms with Crippen molar-refractivity contribution in [2.24, 2.45) is 5.73 Å². The summed E-state index contributed by atoms with van der Waals surface area (Å²) in [4.78, 5) is 22.8. The third kappa shape index (κ3) is 4.21. The quantitative estimate of drug-likeness (QED) is 0.627. The minimum atomic E-state index is -0.531. The predicted octanol–water partition coefficient (Wildman–Crippen LogP) is -0.519. The zero-order valence-corrected chi connectivity index (χ0v) is 12.0. The lowest BCUT2D eigenvalue weighted by Gasteiger charge is -2.11.